The molecule has 0 unspecified atom stereocenters. The maximum atomic E-state index is 14.2. The Morgan fingerprint density at radius 2 is 2.00 bits per heavy atom. The molecule has 2 aromatic heterocycles. The van der Waals surface area contributed by atoms with Crippen molar-refractivity contribution < 1.29 is 32.7 Å². The van der Waals surface area contributed by atoms with Crippen LogP contribution in [0, 0.1) is 12.7 Å². The molecule has 0 radical (unpaired) electrons. The molecule has 3 rings (SSSR count). The van der Waals surface area contributed by atoms with E-state index < -0.39 is 42.1 Å². The number of furan rings is 1. The summed E-state index contributed by atoms with van der Waals surface area (Å²) in [7, 11) is 0. The fourth-order valence-electron chi connectivity index (χ4n) is 3.19. The van der Waals surface area contributed by atoms with E-state index in [1.165, 1.54) is 18.2 Å². The Kier molecular flexibility index (Phi) is 7.81. The first-order chi connectivity index (χ1) is 16.6. The Hall–Kier alpha value is -4.26. The number of esters is 1. The van der Waals surface area contributed by atoms with Crippen LogP contribution in [0.15, 0.2) is 40.8 Å². The van der Waals surface area contributed by atoms with Crippen molar-refractivity contribution in [3.8, 4) is 0 Å². The van der Waals surface area contributed by atoms with Crippen LogP contribution in [-0.2, 0) is 14.3 Å². The van der Waals surface area contributed by atoms with Gasteiger partial charge in [0.15, 0.2) is 11.7 Å². The fraction of sp³-hybridized carbons (Fsp3) is 0.227. The Labute approximate surface area is 203 Å². The Morgan fingerprint density at radius 1 is 1.26 bits per heavy atom. The zero-order valence-electron chi connectivity index (χ0n) is 18.7. The molecule has 11 nitrogen and oxygen atoms in total. The molecular formula is C22H22FN5O6S. The molecule has 0 aliphatic heterocycles. The maximum absolute atomic E-state index is 14.2. The van der Waals surface area contributed by atoms with E-state index >= 15 is 0 Å². The third-order valence-electron chi connectivity index (χ3n) is 4.71. The SMILES string of the molecule is CCOC(=O)CNC(=O)[C@H](c1ccc(C)o1)N(C(=O)c1snc(C(N)=O)c1N)c1cccc(F)c1. The summed E-state index contributed by atoms with van der Waals surface area (Å²) in [6.45, 7) is 2.86. The molecule has 0 aliphatic carbocycles. The number of nitrogen functional groups attached to an aromatic ring is 1. The highest BCUT2D eigenvalue weighted by Gasteiger charge is 2.38. The third-order valence-corrected chi connectivity index (χ3v) is 5.56. The van der Waals surface area contributed by atoms with Gasteiger partial charge >= 0.3 is 5.97 Å². The third kappa shape index (κ3) is 5.63. The number of primary amides is 1. The first-order valence-electron chi connectivity index (χ1n) is 10.3. The van der Waals surface area contributed by atoms with Crippen LogP contribution in [0.25, 0.3) is 0 Å². The number of halogens is 1. The van der Waals surface area contributed by atoms with Crippen molar-refractivity contribution in [3.63, 3.8) is 0 Å². The molecule has 1 atom stereocenters. The lowest BCUT2D eigenvalue weighted by atomic mass is 10.1. The van der Waals surface area contributed by atoms with Crippen molar-refractivity contribution in [1.82, 2.24) is 9.69 Å². The minimum absolute atomic E-state index is 0.0197. The van der Waals surface area contributed by atoms with Crippen LogP contribution >= 0.6 is 11.5 Å². The molecule has 0 saturated carbocycles. The molecule has 1 aromatic carbocycles. The highest BCUT2D eigenvalue weighted by Crippen LogP contribution is 2.34. The molecule has 0 saturated heterocycles. The van der Waals surface area contributed by atoms with Crippen LogP contribution in [0.1, 0.15) is 44.6 Å². The molecule has 5 N–H and O–H groups in total. The van der Waals surface area contributed by atoms with Crippen LogP contribution in [0.4, 0.5) is 15.8 Å². The summed E-state index contributed by atoms with van der Waals surface area (Å²) in [6.07, 6.45) is 0. The molecule has 0 aliphatic rings. The van der Waals surface area contributed by atoms with Gasteiger partial charge in [-0.1, -0.05) is 6.07 Å². The van der Waals surface area contributed by atoms with E-state index in [4.69, 9.17) is 20.6 Å². The lowest BCUT2D eigenvalue weighted by Gasteiger charge is -2.29. The number of nitrogens with two attached hydrogens (primary N) is 2. The van der Waals surface area contributed by atoms with E-state index in [0.29, 0.717) is 17.3 Å². The van der Waals surface area contributed by atoms with E-state index in [1.54, 1.807) is 19.9 Å². The second-order valence-electron chi connectivity index (χ2n) is 7.17. The lowest BCUT2D eigenvalue weighted by molar-refractivity contribution is -0.143. The van der Waals surface area contributed by atoms with Gasteiger partial charge in [-0.05, 0) is 55.7 Å². The number of ether oxygens (including phenoxy) is 1. The standard InChI is InChI=1S/C22H22FN5O6S/c1-3-33-15(29)10-26-21(31)18(14-8-7-11(2)34-14)28(13-6-4-5-12(23)9-13)22(32)19-16(24)17(20(25)30)27-35-19/h4-9,18H,3,10,24H2,1-2H3,(H2,25,30)(H,26,31)/t18-/m0/s1. The van der Waals surface area contributed by atoms with E-state index in [1.807, 2.05) is 0 Å². The van der Waals surface area contributed by atoms with E-state index in [0.717, 1.165) is 17.0 Å². The minimum Gasteiger partial charge on any atom is -0.465 e. The quantitative estimate of drug-likeness (QED) is 0.372. The zero-order valence-corrected chi connectivity index (χ0v) is 19.6. The second-order valence-corrected chi connectivity index (χ2v) is 7.94. The fourth-order valence-corrected chi connectivity index (χ4v) is 3.93. The Bertz CT molecular complexity index is 1270. The topological polar surface area (TPSA) is 171 Å². The molecule has 13 heteroatoms. The molecule has 184 valence electrons. The van der Waals surface area contributed by atoms with Gasteiger partial charge in [0.1, 0.15) is 28.8 Å². The average Bonchev–Trinajstić information content (AvgIpc) is 3.40. The number of benzene rings is 1. The molecule has 2 heterocycles. The average molecular weight is 504 g/mol. The summed E-state index contributed by atoms with van der Waals surface area (Å²) in [5.74, 6) is -3.55. The van der Waals surface area contributed by atoms with Gasteiger partial charge in [-0.15, -0.1) is 0 Å². The monoisotopic (exact) mass is 503 g/mol. The smallest absolute Gasteiger partial charge is 0.325 e. The number of carbonyl (C=O) groups excluding carboxylic acids is 4. The van der Waals surface area contributed by atoms with Gasteiger partial charge in [-0.3, -0.25) is 24.1 Å². The largest absolute Gasteiger partial charge is 0.465 e. The Balaban J connectivity index is 2.13. The number of amides is 3. The van der Waals surface area contributed by atoms with E-state index in [2.05, 4.69) is 9.69 Å². The summed E-state index contributed by atoms with van der Waals surface area (Å²) in [6, 6.07) is 6.48. The van der Waals surface area contributed by atoms with Gasteiger partial charge in [-0.25, -0.2) is 4.39 Å². The molecule has 3 amide bonds. The number of hydrogen-bond acceptors (Lipinski definition) is 9. The number of aromatic nitrogens is 1. The molecular weight excluding hydrogens is 481 g/mol. The van der Waals surface area contributed by atoms with Crippen LogP contribution < -0.4 is 21.7 Å². The maximum Gasteiger partial charge on any atom is 0.325 e. The zero-order chi connectivity index (χ0) is 25.7. The number of nitrogens with zero attached hydrogens (tertiary/aromatic N) is 2. The first kappa shape index (κ1) is 25.4. The van der Waals surface area contributed by atoms with E-state index in [9.17, 15) is 23.6 Å². The summed E-state index contributed by atoms with van der Waals surface area (Å²) in [4.78, 5) is 51.2. The molecule has 3 aromatic rings. The molecule has 0 bridgehead atoms. The van der Waals surface area contributed by atoms with Crippen LogP contribution in [-0.4, -0.2) is 41.2 Å². The summed E-state index contributed by atoms with van der Waals surface area (Å²) >= 11 is 0.597. The number of carbonyl (C=O) groups is 4. The number of aryl methyl sites for hydroxylation is 1. The van der Waals surface area contributed by atoms with Gasteiger partial charge in [0.25, 0.3) is 17.7 Å². The van der Waals surface area contributed by atoms with Crippen LogP contribution in [0.2, 0.25) is 0 Å². The normalized spacial score (nSPS) is 11.5. The highest BCUT2D eigenvalue weighted by atomic mass is 32.1. The predicted molar refractivity (Wildman–Crippen MR) is 124 cm³/mol. The van der Waals surface area contributed by atoms with Crippen LogP contribution in [0.5, 0.6) is 0 Å². The summed E-state index contributed by atoms with van der Waals surface area (Å²) < 4.78 is 28.5. The van der Waals surface area contributed by atoms with Crippen molar-refractivity contribution in [2.45, 2.75) is 19.9 Å². The number of rotatable bonds is 9. The molecule has 35 heavy (non-hydrogen) atoms. The minimum atomic E-state index is -1.49. The first-order valence-corrected chi connectivity index (χ1v) is 11.0. The van der Waals surface area contributed by atoms with Crippen molar-refractivity contribution in [1.29, 1.82) is 0 Å². The number of hydrogen-bond donors (Lipinski definition) is 3. The van der Waals surface area contributed by atoms with Gasteiger partial charge in [0.05, 0.1) is 12.3 Å². The van der Waals surface area contributed by atoms with E-state index in [-0.39, 0.29) is 34.3 Å². The van der Waals surface area contributed by atoms with Crippen molar-refractivity contribution in [2.24, 2.45) is 5.73 Å². The summed E-state index contributed by atoms with van der Waals surface area (Å²) in [5.41, 5.74) is 10.6. The lowest BCUT2D eigenvalue weighted by Crippen LogP contribution is -2.45. The van der Waals surface area contributed by atoms with Gasteiger partial charge < -0.3 is 25.9 Å². The number of nitrogens with one attached hydrogen (secondary N) is 1. The molecule has 0 fully saturated rings. The number of anilines is 2. The highest BCUT2D eigenvalue weighted by molar-refractivity contribution is 7.09. The van der Waals surface area contributed by atoms with Gasteiger partial charge in [0.2, 0.25) is 0 Å². The van der Waals surface area contributed by atoms with Gasteiger partial charge in [-0.2, -0.15) is 4.37 Å². The summed E-state index contributed by atoms with van der Waals surface area (Å²) in [5, 5.41) is 2.41. The van der Waals surface area contributed by atoms with Gasteiger partial charge in [0, 0.05) is 5.69 Å². The Morgan fingerprint density at radius 3 is 2.57 bits per heavy atom. The predicted octanol–water partition coefficient (Wildman–Crippen LogP) is 1.93. The van der Waals surface area contributed by atoms with Crippen LogP contribution in [0.3, 0.4) is 0 Å². The second kappa shape index (κ2) is 10.8. The van der Waals surface area contributed by atoms with Crippen molar-refractivity contribution in [3.05, 3.63) is 64.3 Å². The van der Waals surface area contributed by atoms with Crippen molar-refractivity contribution in [2.75, 3.05) is 23.8 Å². The van der Waals surface area contributed by atoms with Crippen molar-refractivity contribution >= 4 is 46.6 Å². The molecule has 0 spiro atoms.